The van der Waals surface area contributed by atoms with Crippen molar-refractivity contribution in [2.75, 3.05) is 0 Å². The number of hydrogen-bond donors (Lipinski definition) is 3. The van der Waals surface area contributed by atoms with Crippen molar-refractivity contribution in [3.05, 3.63) is 0 Å². The van der Waals surface area contributed by atoms with Gasteiger partial charge in [0.1, 0.15) is 0 Å². The van der Waals surface area contributed by atoms with Crippen molar-refractivity contribution in [1.29, 1.82) is 0 Å². The van der Waals surface area contributed by atoms with Crippen molar-refractivity contribution in [2.24, 2.45) is 46.3 Å². The minimum absolute atomic E-state index is 0. The Bertz CT molecular complexity index is 643. The molecule has 4 saturated carbocycles. The first-order valence-corrected chi connectivity index (χ1v) is 11.8. The predicted molar refractivity (Wildman–Crippen MR) is 107 cm³/mol. The van der Waals surface area contributed by atoms with E-state index in [1.54, 1.807) is 0 Å². The second kappa shape index (κ2) is 8.95. The van der Waals surface area contributed by atoms with Crippen LogP contribution in [-0.2, 0) is 4.79 Å². The third-order valence-electron chi connectivity index (χ3n) is 10.3. The average Bonchev–Trinajstić information content (AvgIpc) is 3.02. The molecule has 0 heterocycles. The first-order chi connectivity index (χ1) is 13.6. The largest absolute Gasteiger partial charge is 1.00 e. The molecule has 0 radical (unpaired) electrons. The molecule has 4 aliphatic carbocycles. The fraction of sp³-hybridized carbons (Fsp3) is 0.958. The van der Waals surface area contributed by atoms with Crippen molar-refractivity contribution in [3.8, 4) is 0 Å². The summed E-state index contributed by atoms with van der Waals surface area (Å²) in [6.07, 6.45) is 5.59. The molecule has 0 bridgehead atoms. The van der Waals surface area contributed by atoms with Gasteiger partial charge in [0.25, 0.3) is 0 Å². The van der Waals surface area contributed by atoms with Gasteiger partial charge in [-0.25, -0.2) is 0 Å². The molecule has 5 unspecified atom stereocenters. The normalized spacial score (nSPS) is 51.1. The van der Waals surface area contributed by atoms with Gasteiger partial charge in [0.05, 0.1) is 18.3 Å². The van der Waals surface area contributed by atoms with Gasteiger partial charge in [-0.05, 0) is 104 Å². The van der Waals surface area contributed by atoms with Crippen LogP contribution in [0.2, 0.25) is 0 Å². The fourth-order valence-corrected chi connectivity index (χ4v) is 8.76. The Morgan fingerprint density at radius 1 is 0.967 bits per heavy atom. The average molecular weight is 431 g/mol. The molecule has 11 atom stereocenters. The van der Waals surface area contributed by atoms with Gasteiger partial charge in [0, 0.05) is 5.97 Å². The zero-order chi connectivity index (χ0) is 21.1. The van der Waals surface area contributed by atoms with Gasteiger partial charge in [-0.2, -0.15) is 0 Å². The van der Waals surface area contributed by atoms with E-state index in [2.05, 4.69) is 20.8 Å². The molecule has 0 amide bonds. The van der Waals surface area contributed by atoms with Crippen molar-refractivity contribution in [3.63, 3.8) is 0 Å². The Hall–Kier alpha value is 0.350. The molecule has 3 N–H and O–H groups in total. The Kier molecular flexibility index (Phi) is 7.45. The topological polar surface area (TPSA) is 101 Å². The second-order valence-electron chi connectivity index (χ2n) is 11.4. The Morgan fingerprint density at radius 3 is 2.27 bits per heavy atom. The van der Waals surface area contributed by atoms with E-state index in [1.165, 1.54) is 0 Å². The number of hydrogen-bond acceptors (Lipinski definition) is 5. The van der Waals surface area contributed by atoms with Crippen molar-refractivity contribution >= 4 is 5.97 Å². The van der Waals surface area contributed by atoms with Crippen LogP contribution in [0, 0.1) is 46.3 Å². The van der Waals surface area contributed by atoms with E-state index in [-0.39, 0.29) is 64.7 Å². The molecule has 0 aliphatic heterocycles. The number of aliphatic carboxylic acids is 1. The maximum Gasteiger partial charge on any atom is 1.00 e. The third-order valence-corrected chi connectivity index (χ3v) is 10.3. The number of fused-ring (bicyclic) bond motifs is 5. The third kappa shape index (κ3) is 3.84. The van der Waals surface area contributed by atoms with Crippen LogP contribution in [0.4, 0.5) is 0 Å². The number of rotatable bonds is 4. The molecule has 0 spiro atoms. The number of carboxylic acid groups (broad SMARTS) is 1. The van der Waals surface area contributed by atoms with Gasteiger partial charge in [0.15, 0.2) is 0 Å². The van der Waals surface area contributed by atoms with Crippen LogP contribution < -0.4 is 34.7 Å². The van der Waals surface area contributed by atoms with E-state index < -0.39 is 18.2 Å². The monoisotopic (exact) mass is 430 g/mol. The van der Waals surface area contributed by atoms with Crippen molar-refractivity contribution in [1.82, 2.24) is 0 Å². The molecule has 4 aliphatic rings. The van der Waals surface area contributed by atoms with Gasteiger partial charge in [0.2, 0.25) is 0 Å². The van der Waals surface area contributed by atoms with Crippen LogP contribution in [-0.4, -0.2) is 39.6 Å². The van der Waals surface area contributed by atoms with E-state index in [4.69, 9.17) is 0 Å². The van der Waals surface area contributed by atoms with Crippen molar-refractivity contribution in [2.45, 2.75) is 96.9 Å². The van der Waals surface area contributed by atoms with Gasteiger partial charge >= 0.3 is 29.6 Å². The molecule has 6 heteroatoms. The van der Waals surface area contributed by atoms with Crippen LogP contribution in [0.5, 0.6) is 0 Å². The summed E-state index contributed by atoms with van der Waals surface area (Å²) in [5.74, 6) is 0.697. The van der Waals surface area contributed by atoms with Crippen LogP contribution >= 0.6 is 0 Å². The summed E-state index contributed by atoms with van der Waals surface area (Å²) in [5, 5.41) is 43.5. The number of carboxylic acids is 1. The number of carbonyl (C=O) groups is 1. The summed E-state index contributed by atoms with van der Waals surface area (Å²) in [5.41, 5.74) is 0.0904. The summed E-state index contributed by atoms with van der Waals surface area (Å²) in [4.78, 5) is 11.0. The van der Waals surface area contributed by atoms with Crippen LogP contribution in [0.3, 0.4) is 0 Å². The second-order valence-corrected chi connectivity index (χ2v) is 11.4. The first kappa shape index (κ1) is 25.0. The van der Waals surface area contributed by atoms with E-state index in [1.807, 2.05) is 0 Å². The Labute approximate surface area is 203 Å². The molecule has 30 heavy (non-hydrogen) atoms. The van der Waals surface area contributed by atoms with Crippen LogP contribution in [0.1, 0.15) is 78.6 Å². The summed E-state index contributed by atoms with van der Waals surface area (Å²) < 4.78 is 0. The van der Waals surface area contributed by atoms with E-state index in [0.29, 0.717) is 36.5 Å². The van der Waals surface area contributed by atoms with E-state index in [0.717, 1.165) is 38.5 Å². The number of carbonyl (C=O) groups excluding carboxylic acids is 1. The van der Waals surface area contributed by atoms with Gasteiger partial charge in [-0.3, -0.25) is 0 Å². The minimum atomic E-state index is -0.968. The zero-order valence-electron chi connectivity index (χ0n) is 19.2. The van der Waals surface area contributed by atoms with Crippen molar-refractivity contribution < 1.29 is 54.8 Å². The summed E-state index contributed by atoms with van der Waals surface area (Å²) in [6.45, 7) is 6.84. The van der Waals surface area contributed by atoms with Gasteiger partial charge < -0.3 is 25.2 Å². The van der Waals surface area contributed by atoms with Gasteiger partial charge in [-0.1, -0.05) is 20.8 Å². The maximum atomic E-state index is 11.3. The molecular weight excluding hydrogens is 391 g/mol. The number of aliphatic hydroxyl groups excluding tert-OH is 3. The molecule has 166 valence electrons. The predicted octanol–water partition coefficient (Wildman–Crippen LogP) is -0.882. The molecule has 0 aromatic rings. The summed E-state index contributed by atoms with van der Waals surface area (Å²) >= 11 is 0. The molecule has 5 nitrogen and oxygen atoms in total. The Balaban J connectivity index is 0.00000256. The first-order valence-electron chi connectivity index (χ1n) is 11.8. The minimum Gasteiger partial charge on any atom is -0.550 e. The Morgan fingerprint density at radius 2 is 1.60 bits per heavy atom. The quantitative estimate of drug-likeness (QED) is 0.503. The zero-order valence-corrected chi connectivity index (χ0v) is 21.2. The SMILES string of the molecule is CC(CCC(=O)[O-])[C@H]1CCC2C3C(CC[C@@]21C)[C@@]1(C)CC[C@@H](O)CC1[C@@H](O)[C@H]3O.[Na+]. The summed E-state index contributed by atoms with van der Waals surface area (Å²) in [7, 11) is 0. The fourth-order valence-electron chi connectivity index (χ4n) is 8.76. The molecule has 4 fully saturated rings. The van der Waals surface area contributed by atoms with Crippen LogP contribution in [0.25, 0.3) is 0 Å². The smallest absolute Gasteiger partial charge is 0.550 e. The van der Waals surface area contributed by atoms with Gasteiger partial charge in [-0.15, -0.1) is 0 Å². The standard InChI is InChI=1S/C24H40O5.Na/c1-13(4-7-19(26)27)15-5-6-16-20-17(9-11-23(15,16)2)24(3)10-8-14(25)12-18(24)21(28)22(20)29;/h13-18,20-22,25,28-29H,4-12H2,1-3H3,(H,26,27);/q;+1/p-1/t13?,14-,15-,16?,17?,18?,20?,21-,22+,23-,24-;/m1./s1. The molecule has 0 aromatic carbocycles. The molecule has 0 saturated heterocycles. The summed E-state index contributed by atoms with van der Waals surface area (Å²) in [6, 6.07) is 0. The number of aliphatic hydroxyl groups is 3. The molecular formula is C24H39NaO5. The molecule has 0 aromatic heterocycles. The van der Waals surface area contributed by atoms with E-state index >= 15 is 0 Å². The van der Waals surface area contributed by atoms with Crippen LogP contribution in [0.15, 0.2) is 0 Å². The maximum absolute atomic E-state index is 11.3. The van der Waals surface area contributed by atoms with E-state index in [9.17, 15) is 25.2 Å². The molecule has 4 rings (SSSR count).